The third-order valence-electron chi connectivity index (χ3n) is 3.16. The van der Waals surface area contributed by atoms with Crippen molar-refractivity contribution >= 4 is 5.97 Å². The summed E-state index contributed by atoms with van der Waals surface area (Å²) in [4.78, 5) is 15.4. The van der Waals surface area contributed by atoms with Gasteiger partial charge < -0.3 is 9.67 Å². The number of aromatic nitrogens is 2. The van der Waals surface area contributed by atoms with Crippen molar-refractivity contribution in [3.8, 4) is 11.3 Å². The Kier molecular flexibility index (Phi) is 2.95. The van der Waals surface area contributed by atoms with Crippen molar-refractivity contribution in [2.75, 3.05) is 0 Å². The molecule has 1 N–H and O–H groups in total. The molecule has 18 heavy (non-hydrogen) atoms. The standard InChI is InChI=1S/C14H16N2O2/c1-8-5-6-11(9(2)7-8)13-12(14(17)18)15-10(3)16(13)4/h5-7H,1-4H3,(H,17,18). The summed E-state index contributed by atoms with van der Waals surface area (Å²) in [6, 6.07) is 5.98. The Bertz CT molecular complexity index is 627. The number of aromatic carboxylic acids is 1. The third kappa shape index (κ3) is 1.90. The molecule has 0 fully saturated rings. The molecule has 0 unspecified atom stereocenters. The Labute approximate surface area is 106 Å². The SMILES string of the molecule is Cc1ccc(-c2c(C(=O)O)nc(C)n2C)c(C)c1. The van der Waals surface area contributed by atoms with Crippen LogP contribution in [0.4, 0.5) is 0 Å². The summed E-state index contributed by atoms with van der Waals surface area (Å²) >= 11 is 0. The van der Waals surface area contributed by atoms with Gasteiger partial charge >= 0.3 is 5.97 Å². The minimum Gasteiger partial charge on any atom is -0.476 e. The van der Waals surface area contributed by atoms with Crippen LogP contribution in [0.1, 0.15) is 27.4 Å². The lowest BCUT2D eigenvalue weighted by Crippen LogP contribution is -2.02. The van der Waals surface area contributed by atoms with Gasteiger partial charge in [-0.05, 0) is 26.3 Å². The van der Waals surface area contributed by atoms with Gasteiger partial charge in [0.25, 0.3) is 0 Å². The predicted molar refractivity (Wildman–Crippen MR) is 69.8 cm³/mol. The number of hydrogen-bond acceptors (Lipinski definition) is 2. The number of rotatable bonds is 2. The second-order valence-electron chi connectivity index (χ2n) is 4.54. The smallest absolute Gasteiger partial charge is 0.356 e. The molecule has 0 aliphatic heterocycles. The van der Waals surface area contributed by atoms with E-state index in [4.69, 9.17) is 0 Å². The van der Waals surface area contributed by atoms with Gasteiger partial charge in [-0.2, -0.15) is 0 Å². The van der Waals surface area contributed by atoms with Crippen molar-refractivity contribution in [2.45, 2.75) is 20.8 Å². The second kappa shape index (κ2) is 4.29. The van der Waals surface area contributed by atoms with Crippen molar-refractivity contribution < 1.29 is 9.90 Å². The van der Waals surface area contributed by atoms with Crippen LogP contribution in [0.25, 0.3) is 11.3 Å². The van der Waals surface area contributed by atoms with Gasteiger partial charge in [0.1, 0.15) is 5.82 Å². The summed E-state index contributed by atoms with van der Waals surface area (Å²) < 4.78 is 1.82. The zero-order valence-corrected chi connectivity index (χ0v) is 11.0. The number of aryl methyl sites for hydroxylation is 3. The van der Waals surface area contributed by atoms with Crippen molar-refractivity contribution in [1.82, 2.24) is 9.55 Å². The van der Waals surface area contributed by atoms with E-state index in [1.54, 1.807) is 6.92 Å². The largest absolute Gasteiger partial charge is 0.476 e. The second-order valence-corrected chi connectivity index (χ2v) is 4.54. The van der Waals surface area contributed by atoms with Gasteiger partial charge in [-0.3, -0.25) is 0 Å². The molecule has 1 heterocycles. The van der Waals surface area contributed by atoms with Crippen molar-refractivity contribution in [3.63, 3.8) is 0 Å². The number of nitrogens with zero attached hydrogens (tertiary/aromatic N) is 2. The molecule has 0 atom stereocenters. The first-order valence-electron chi connectivity index (χ1n) is 5.76. The molecule has 0 aliphatic rings. The molecular weight excluding hydrogens is 228 g/mol. The number of benzene rings is 1. The van der Waals surface area contributed by atoms with Gasteiger partial charge in [0.15, 0.2) is 5.69 Å². The summed E-state index contributed by atoms with van der Waals surface area (Å²) in [5.41, 5.74) is 3.91. The molecule has 4 heteroatoms. The van der Waals surface area contributed by atoms with Crippen LogP contribution >= 0.6 is 0 Å². The predicted octanol–water partition coefficient (Wildman–Crippen LogP) is 2.71. The molecule has 4 nitrogen and oxygen atoms in total. The average Bonchev–Trinajstić information content (AvgIpc) is 2.57. The van der Waals surface area contributed by atoms with Crippen molar-refractivity contribution in [2.24, 2.45) is 7.05 Å². The van der Waals surface area contributed by atoms with E-state index in [2.05, 4.69) is 4.98 Å². The zero-order valence-electron chi connectivity index (χ0n) is 11.0. The average molecular weight is 244 g/mol. The highest BCUT2D eigenvalue weighted by atomic mass is 16.4. The van der Waals surface area contributed by atoms with Crippen molar-refractivity contribution in [3.05, 3.63) is 40.8 Å². The molecule has 0 saturated carbocycles. The molecule has 0 saturated heterocycles. The highest BCUT2D eigenvalue weighted by Crippen LogP contribution is 2.28. The highest BCUT2D eigenvalue weighted by molar-refractivity contribution is 5.93. The minimum absolute atomic E-state index is 0.113. The van der Waals surface area contributed by atoms with Gasteiger partial charge in [0.05, 0.1) is 5.69 Å². The van der Waals surface area contributed by atoms with Crippen LogP contribution in [0.5, 0.6) is 0 Å². The maximum Gasteiger partial charge on any atom is 0.356 e. The molecule has 0 amide bonds. The van der Waals surface area contributed by atoms with E-state index >= 15 is 0 Å². The molecule has 0 aliphatic carbocycles. The maximum atomic E-state index is 11.3. The molecule has 0 radical (unpaired) electrons. The van der Waals surface area contributed by atoms with Crippen LogP contribution in [-0.4, -0.2) is 20.6 Å². The normalized spacial score (nSPS) is 10.7. The van der Waals surface area contributed by atoms with Gasteiger partial charge in [0.2, 0.25) is 0 Å². The summed E-state index contributed by atoms with van der Waals surface area (Å²) in [7, 11) is 1.84. The fourth-order valence-electron chi connectivity index (χ4n) is 2.15. The Morgan fingerprint density at radius 2 is 1.94 bits per heavy atom. The molecule has 1 aromatic carbocycles. The summed E-state index contributed by atoms with van der Waals surface area (Å²) in [5, 5.41) is 9.23. The lowest BCUT2D eigenvalue weighted by Gasteiger charge is -2.09. The van der Waals surface area contributed by atoms with E-state index in [-0.39, 0.29) is 5.69 Å². The first kappa shape index (κ1) is 12.4. The van der Waals surface area contributed by atoms with E-state index < -0.39 is 5.97 Å². The van der Waals surface area contributed by atoms with E-state index in [9.17, 15) is 9.90 Å². The number of carboxylic acids is 1. The number of hydrogen-bond donors (Lipinski definition) is 1. The number of carbonyl (C=O) groups is 1. The lowest BCUT2D eigenvalue weighted by atomic mass is 10.0. The van der Waals surface area contributed by atoms with Crippen LogP contribution < -0.4 is 0 Å². The van der Waals surface area contributed by atoms with E-state index in [1.165, 1.54) is 0 Å². The molecule has 2 rings (SSSR count). The Morgan fingerprint density at radius 1 is 1.28 bits per heavy atom. The van der Waals surface area contributed by atoms with Gasteiger partial charge in [0, 0.05) is 12.6 Å². The van der Waals surface area contributed by atoms with Gasteiger partial charge in [-0.25, -0.2) is 9.78 Å². The first-order valence-corrected chi connectivity index (χ1v) is 5.76. The summed E-state index contributed by atoms with van der Waals surface area (Å²) in [5.74, 6) is -0.295. The minimum atomic E-state index is -0.992. The van der Waals surface area contributed by atoms with E-state index in [0.717, 1.165) is 16.7 Å². The molecule has 1 aromatic heterocycles. The Hall–Kier alpha value is -2.10. The van der Waals surface area contributed by atoms with Crippen LogP contribution in [0.3, 0.4) is 0 Å². The number of carboxylic acid groups (broad SMARTS) is 1. The van der Waals surface area contributed by atoms with Crippen LogP contribution in [0, 0.1) is 20.8 Å². The monoisotopic (exact) mass is 244 g/mol. The van der Waals surface area contributed by atoms with E-state index in [0.29, 0.717) is 11.5 Å². The Balaban J connectivity index is 2.74. The van der Waals surface area contributed by atoms with Crippen molar-refractivity contribution in [1.29, 1.82) is 0 Å². The Morgan fingerprint density at radius 3 is 2.50 bits per heavy atom. The fraction of sp³-hybridized carbons (Fsp3) is 0.286. The summed E-state index contributed by atoms with van der Waals surface area (Å²) in [6.45, 7) is 5.80. The van der Waals surface area contributed by atoms with Crippen LogP contribution in [0.15, 0.2) is 18.2 Å². The fourth-order valence-corrected chi connectivity index (χ4v) is 2.15. The first-order chi connectivity index (χ1) is 8.41. The topological polar surface area (TPSA) is 55.1 Å². The maximum absolute atomic E-state index is 11.3. The molecule has 0 bridgehead atoms. The molecule has 2 aromatic rings. The van der Waals surface area contributed by atoms with E-state index in [1.807, 2.05) is 43.7 Å². The van der Waals surface area contributed by atoms with Gasteiger partial charge in [-0.1, -0.05) is 23.8 Å². The lowest BCUT2D eigenvalue weighted by molar-refractivity contribution is 0.0692. The molecule has 0 spiro atoms. The molecule has 94 valence electrons. The van der Waals surface area contributed by atoms with Crippen LogP contribution in [0.2, 0.25) is 0 Å². The molecular formula is C14H16N2O2. The summed E-state index contributed by atoms with van der Waals surface area (Å²) in [6.07, 6.45) is 0. The van der Waals surface area contributed by atoms with Crippen LogP contribution in [-0.2, 0) is 7.05 Å². The van der Waals surface area contributed by atoms with Gasteiger partial charge in [-0.15, -0.1) is 0 Å². The quantitative estimate of drug-likeness (QED) is 0.883. The number of imidazole rings is 1. The zero-order chi connectivity index (χ0) is 13.4. The highest BCUT2D eigenvalue weighted by Gasteiger charge is 2.20. The third-order valence-corrected chi connectivity index (χ3v) is 3.16.